The van der Waals surface area contributed by atoms with Crippen molar-refractivity contribution in [2.45, 2.75) is 40.2 Å². The molecule has 0 aliphatic carbocycles. The second kappa shape index (κ2) is 6.77. The van der Waals surface area contributed by atoms with E-state index in [4.69, 9.17) is 10.5 Å². The Morgan fingerprint density at radius 3 is 2.35 bits per heavy atom. The van der Waals surface area contributed by atoms with Gasteiger partial charge in [0.1, 0.15) is 0 Å². The maximum absolute atomic E-state index is 5.74. The van der Waals surface area contributed by atoms with Crippen LogP contribution in [0.3, 0.4) is 0 Å². The SMILES string of the molecule is CC(C)(C)CCOCc1ccccc1CCN. The minimum atomic E-state index is 0.344. The molecule has 0 amide bonds. The van der Waals surface area contributed by atoms with E-state index in [2.05, 4.69) is 45.0 Å². The van der Waals surface area contributed by atoms with Gasteiger partial charge in [-0.05, 0) is 35.9 Å². The largest absolute Gasteiger partial charge is 0.377 e. The van der Waals surface area contributed by atoms with E-state index in [9.17, 15) is 0 Å². The molecule has 2 nitrogen and oxygen atoms in total. The number of rotatable bonds is 6. The highest BCUT2D eigenvalue weighted by Crippen LogP contribution is 2.18. The molecule has 0 aliphatic rings. The highest BCUT2D eigenvalue weighted by Gasteiger charge is 2.09. The van der Waals surface area contributed by atoms with Gasteiger partial charge in [0.05, 0.1) is 6.61 Å². The predicted octanol–water partition coefficient (Wildman–Crippen LogP) is 3.14. The van der Waals surface area contributed by atoms with Gasteiger partial charge in [0.25, 0.3) is 0 Å². The minimum absolute atomic E-state index is 0.344. The molecule has 1 aromatic rings. The molecule has 0 aliphatic heterocycles. The fourth-order valence-electron chi connectivity index (χ4n) is 1.66. The average Bonchev–Trinajstić information content (AvgIpc) is 2.25. The van der Waals surface area contributed by atoms with Crippen molar-refractivity contribution in [2.75, 3.05) is 13.2 Å². The topological polar surface area (TPSA) is 35.2 Å². The number of benzene rings is 1. The number of ether oxygens (including phenoxy) is 1. The summed E-state index contributed by atoms with van der Waals surface area (Å²) >= 11 is 0. The monoisotopic (exact) mass is 235 g/mol. The molecule has 0 bridgehead atoms. The van der Waals surface area contributed by atoms with Gasteiger partial charge in [-0.2, -0.15) is 0 Å². The van der Waals surface area contributed by atoms with Crippen LogP contribution in [0.1, 0.15) is 38.3 Å². The summed E-state index contributed by atoms with van der Waals surface area (Å²) in [6, 6.07) is 8.38. The van der Waals surface area contributed by atoms with Gasteiger partial charge in [-0.1, -0.05) is 45.0 Å². The molecule has 1 rings (SSSR count). The van der Waals surface area contributed by atoms with Crippen molar-refractivity contribution in [2.24, 2.45) is 11.1 Å². The number of hydrogen-bond acceptors (Lipinski definition) is 2. The van der Waals surface area contributed by atoms with Crippen molar-refractivity contribution >= 4 is 0 Å². The van der Waals surface area contributed by atoms with Gasteiger partial charge in [-0.15, -0.1) is 0 Å². The summed E-state index contributed by atoms with van der Waals surface area (Å²) < 4.78 is 5.74. The van der Waals surface area contributed by atoms with Crippen LogP contribution in [0.25, 0.3) is 0 Å². The minimum Gasteiger partial charge on any atom is -0.377 e. The number of nitrogens with two attached hydrogens (primary N) is 1. The van der Waals surface area contributed by atoms with Crippen LogP contribution in [0.4, 0.5) is 0 Å². The highest BCUT2D eigenvalue weighted by atomic mass is 16.5. The molecular weight excluding hydrogens is 210 g/mol. The van der Waals surface area contributed by atoms with Crippen molar-refractivity contribution in [1.29, 1.82) is 0 Å². The molecular formula is C15H25NO. The van der Waals surface area contributed by atoms with Crippen LogP contribution in [0.15, 0.2) is 24.3 Å². The first-order valence-corrected chi connectivity index (χ1v) is 6.37. The van der Waals surface area contributed by atoms with Crippen molar-refractivity contribution in [1.82, 2.24) is 0 Å². The Hall–Kier alpha value is -0.860. The molecule has 0 fully saturated rings. The van der Waals surface area contributed by atoms with E-state index in [0.717, 1.165) is 19.4 Å². The maximum atomic E-state index is 5.74. The van der Waals surface area contributed by atoms with Gasteiger partial charge < -0.3 is 10.5 Å². The summed E-state index contributed by atoms with van der Waals surface area (Å²) in [6.07, 6.45) is 2.02. The summed E-state index contributed by atoms with van der Waals surface area (Å²) in [7, 11) is 0. The van der Waals surface area contributed by atoms with Gasteiger partial charge in [0, 0.05) is 6.61 Å². The normalized spacial score (nSPS) is 11.8. The van der Waals surface area contributed by atoms with Crippen LogP contribution in [0, 0.1) is 5.41 Å². The first-order chi connectivity index (χ1) is 8.03. The van der Waals surface area contributed by atoms with E-state index >= 15 is 0 Å². The third-order valence-corrected chi connectivity index (χ3v) is 2.79. The molecule has 2 N–H and O–H groups in total. The summed E-state index contributed by atoms with van der Waals surface area (Å²) in [5.41, 5.74) is 8.53. The zero-order valence-corrected chi connectivity index (χ0v) is 11.3. The van der Waals surface area contributed by atoms with E-state index in [0.29, 0.717) is 18.6 Å². The average molecular weight is 235 g/mol. The lowest BCUT2D eigenvalue weighted by Gasteiger charge is -2.18. The first-order valence-electron chi connectivity index (χ1n) is 6.37. The Balaban J connectivity index is 2.41. The van der Waals surface area contributed by atoms with Crippen molar-refractivity contribution in [3.05, 3.63) is 35.4 Å². The van der Waals surface area contributed by atoms with E-state index in [-0.39, 0.29) is 0 Å². The Morgan fingerprint density at radius 2 is 1.76 bits per heavy atom. The molecule has 0 atom stereocenters. The fourth-order valence-corrected chi connectivity index (χ4v) is 1.66. The second-order valence-corrected chi connectivity index (χ2v) is 5.67. The van der Waals surface area contributed by atoms with Gasteiger partial charge in [-0.3, -0.25) is 0 Å². The fraction of sp³-hybridized carbons (Fsp3) is 0.600. The molecule has 0 unspecified atom stereocenters. The van der Waals surface area contributed by atoms with Gasteiger partial charge in [0.15, 0.2) is 0 Å². The highest BCUT2D eigenvalue weighted by molar-refractivity contribution is 5.26. The summed E-state index contributed by atoms with van der Waals surface area (Å²) in [6.45, 7) is 8.92. The molecule has 0 heterocycles. The molecule has 0 aromatic heterocycles. The molecule has 0 spiro atoms. The number of hydrogen-bond donors (Lipinski definition) is 1. The molecule has 0 radical (unpaired) electrons. The van der Waals surface area contributed by atoms with Crippen molar-refractivity contribution in [3.63, 3.8) is 0 Å². The molecule has 0 saturated heterocycles. The zero-order valence-electron chi connectivity index (χ0n) is 11.3. The Morgan fingerprint density at radius 1 is 1.12 bits per heavy atom. The molecule has 96 valence electrons. The van der Waals surface area contributed by atoms with Crippen LogP contribution in [0.5, 0.6) is 0 Å². The first kappa shape index (κ1) is 14.2. The van der Waals surface area contributed by atoms with Crippen molar-refractivity contribution < 1.29 is 4.74 Å². The Bertz CT molecular complexity index is 328. The maximum Gasteiger partial charge on any atom is 0.0719 e. The third kappa shape index (κ3) is 5.85. The Kier molecular flexibility index (Phi) is 5.66. The molecule has 17 heavy (non-hydrogen) atoms. The molecule has 0 saturated carbocycles. The van der Waals surface area contributed by atoms with E-state index in [1.807, 2.05) is 0 Å². The third-order valence-electron chi connectivity index (χ3n) is 2.79. The summed E-state index contributed by atoms with van der Waals surface area (Å²) in [4.78, 5) is 0. The summed E-state index contributed by atoms with van der Waals surface area (Å²) in [5.74, 6) is 0. The van der Waals surface area contributed by atoms with Gasteiger partial charge in [-0.25, -0.2) is 0 Å². The van der Waals surface area contributed by atoms with E-state index < -0.39 is 0 Å². The van der Waals surface area contributed by atoms with E-state index in [1.165, 1.54) is 11.1 Å². The van der Waals surface area contributed by atoms with Crippen LogP contribution in [-0.4, -0.2) is 13.2 Å². The molecule has 1 aromatic carbocycles. The second-order valence-electron chi connectivity index (χ2n) is 5.67. The zero-order chi connectivity index (χ0) is 12.7. The van der Waals surface area contributed by atoms with E-state index in [1.54, 1.807) is 0 Å². The van der Waals surface area contributed by atoms with Crippen LogP contribution >= 0.6 is 0 Å². The smallest absolute Gasteiger partial charge is 0.0719 e. The lowest BCUT2D eigenvalue weighted by Crippen LogP contribution is -2.10. The molecule has 2 heteroatoms. The van der Waals surface area contributed by atoms with Crippen LogP contribution in [0.2, 0.25) is 0 Å². The van der Waals surface area contributed by atoms with Gasteiger partial charge in [0.2, 0.25) is 0 Å². The van der Waals surface area contributed by atoms with Gasteiger partial charge >= 0.3 is 0 Å². The van der Waals surface area contributed by atoms with Crippen LogP contribution in [-0.2, 0) is 17.8 Å². The van der Waals surface area contributed by atoms with Crippen molar-refractivity contribution in [3.8, 4) is 0 Å². The lowest BCUT2D eigenvalue weighted by molar-refractivity contribution is 0.0958. The Labute approximate surface area is 105 Å². The van der Waals surface area contributed by atoms with Crippen LogP contribution < -0.4 is 5.73 Å². The predicted molar refractivity (Wildman–Crippen MR) is 72.9 cm³/mol. The quantitative estimate of drug-likeness (QED) is 0.769. The standard InChI is InChI=1S/C15H25NO/c1-15(2,3)9-11-17-12-14-7-5-4-6-13(14)8-10-16/h4-7H,8-12,16H2,1-3H3. The summed E-state index contributed by atoms with van der Waals surface area (Å²) in [5, 5.41) is 0. The lowest BCUT2D eigenvalue weighted by atomic mass is 9.93.